The van der Waals surface area contributed by atoms with E-state index in [0.29, 0.717) is 11.5 Å². The van der Waals surface area contributed by atoms with Crippen LogP contribution in [0.3, 0.4) is 0 Å². The van der Waals surface area contributed by atoms with Crippen LogP contribution in [-0.2, 0) is 0 Å². The molecule has 7 unspecified atom stereocenters. The molecular formula is C19H33N. The molecule has 4 aliphatic carbocycles. The predicted molar refractivity (Wildman–Crippen MR) is 84.3 cm³/mol. The summed E-state index contributed by atoms with van der Waals surface area (Å²) >= 11 is 0. The van der Waals surface area contributed by atoms with Crippen LogP contribution < -0.4 is 5.73 Å². The zero-order chi connectivity index (χ0) is 14.0. The van der Waals surface area contributed by atoms with Gasteiger partial charge in [-0.3, -0.25) is 0 Å². The molecule has 20 heavy (non-hydrogen) atoms. The van der Waals surface area contributed by atoms with Gasteiger partial charge in [0.1, 0.15) is 0 Å². The highest BCUT2D eigenvalue weighted by molar-refractivity contribution is 5.07. The molecule has 7 atom stereocenters. The summed E-state index contributed by atoms with van der Waals surface area (Å²) in [7, 11) is 0. The maximum atomic E-state index is 6.28. The van der Waals surface area contributed by atoms with Crippen molar-refractivity contribution < 1.29 is 0 Å². The first-order valence-electron chi connectivity index (χ1n) is 9.28. The molecule has 0 aromatic rings. The van der Waals surface area contributed by atoms with Gasteiger partial charge in [0.15, 0.2) is 0 Å². The van der Waals surface area contributed by atoms with E-state index < -0.39 is 0 Å². The Morgan fingerprint density at radius 3 is 2.55 bits per heavy atom. The third-order valence-corrected chi connectivity index (χ3v) is 8.49. The van der Waals surface area contributed by atoms with E-state index in [9.17, 15) is 0 Å². The van der Waals surface area contributed by atoms with Gasteiger partial charge >= 0.3 is 0 Å². The van der Waals surface area contributed by atoms with E-state index >= 15 is 0 Å². The Hall–Kier alpha value is -0.0400. The first-order valence-corrected chi connectivity index (χ1v) is 9.28. The van der Waals surface area contributed by atoms with E-state index in [1.165, 1.54) is 64.2 Å². The van der Waals surface area contributed by atoms with E-state index in [1.807, 2.05) is 0 Å². The van der Waals surface area contributed by atoms with Crippen LogP contribution in [0, 0.1) is 34.5 Å². The molecule has 0 bridgehead atoms. The van der Waals surface area contributed by atoms with Crippen molar-refractivity contribution in [1.29, 1.82) is 0 Å². The summed E-state index contributed by atoms with van der Waals surface area (Å²) in [6.45, 7) is 5.27. The number of hydrogen-bond acceptors (Lipinski definition) is 1. The average molecular weight is 275 g/mol. The van der Waals surface area contributed by atoms with Crippen LogP contribution in [0.15, 0.2) is 0 Å². The summed E-state index contributed by atoms with van der Waals surface area (Å²) in [5.74, 6) is 4.10. The standard InChI is InChI=1S/C19H33N/c1-18-9-3-4-16(18)15-6-5-13-12-14(20)7-11-19(13,2)17(15)8-10-18/h13-17H,3-12,20H2,1-2H3. The quantitative estimate of drug-likeness (QED) is 0.678. The van der Waals surface area contributed by atoms with E-state index in [4.69, 9.17) is 5.73 Å². The van der Waals surface area contributed by atoms with Crippen molar-refractivity contribution in [3.63, 3.8) is 0 Å². The zero-order valence-electron chi connectivity index (χ0n) is 13.5. The van der Waals surface area contributed by atoms with Crippen molar-refractivity contribution >= 4 is 0 Å². The van der Waals surface area contributed by atoms with Gasteiger partial charge in [-0.05, 0) is 92.3 Å². The van der Waals surface area contributed by atoms with Crippen LogP contribution in [0.25, 0.3) is 0 Å². The molecule has 0 heterocycles. The Labute approximate surface area is 125 Å². The number of nitrogens with two attached hydrogens (primary N) is 1. The molecule has 0 spiro atoms. The highest BCUT2D eigenvalue weighted by Gasteiger charge is 2.57. The van der Waals surface area contributed by atoms with Gasteiger partial charge in [-0.15, -0.1) is 0 Å². The van der Waals surface area contributed by atoms with Gasteiger partial charge in [-0.1, -0.05) is 20.3 Å². The lowest BCUT2D eigenvalue weighted by atomic mass is 9.45. The largest absolute Gasteiger partial charge is 0.328 e. The van der Waals surface area contributed by atoms with Crippen LogP contribution in [0.4, 0.5) is 0 Å². The molecule has 0 saturated heterocycles. The zero-order valence-corrected chi connectivity index (χ0v) is 13.5. The second-order valence-corrected chi connectivity index (χ2v) is 9.28. The van der Waals surface area contributed by atoms with Crippen LogP contribution in [0.2, 0.25) is 0 Å². The second kappa shape index (κ2) is 4.48. The fraction of sp³-hybridized carbons (Fsp3) is 1.00. The van der Waals surface area contributed by atoms with Gasteiger partial charge in [0.05, 0.1) is 0 Å². The molecule has 4 rings (SSSR count). The third-order valence-electron chi connectivity index (χ3n) is 8.49. The predicted octanol–water partition coefficient (Wildman–Crippen LogP) is 4.75. The summed E-state index contributed by atoms with van der Waals surface area (Å²) in [6.07, 6.45) is 14.7. The summed E-state index contributed by atoms with van der Waals surface area (Å²) in [5.41, 5.74) is 7.63. The molecule has 114 valence electrons. The van der Waals surface area contributed by atoms with Crippen LogP contribution in [0.1, 0.15) is 78.1 Å². The van der Waals surface area contributed by atoms with E-state index in [-0.39, 0.29) is 0 Å². The van der Waals surface area contributed by atoms with Crippen LogP contribution in [0.5, 0.6) is 0 Å². The van der Waals surface area contributed by atoms with Crippen molar-refractivity contribution in [3.05, 3.63) is 0 Å². The normalized spacial score (nSPS) is 58.6. The molecule has 0 aromatic carbocycles. The van der Waals surface area contributed by atoms with Crippen molar-refractivity contribution in [2.75, 3.05) is 0 Å². The van der Waals surface area contributed by atoms with Gasteiger partial charge in [0, 0.05) is 6.04 Å². The second-order valence-electron chi connectivity index (χ2n) is 9.28. The fourth-order valence-electron chi connectivity index (χ4n) is 7.28. The topological polar surface area (TPSA) is 26.0 Å². The minimum absolute atomic E-state index is 0.505. The van der Waals surface area contributed by atoms with Crippen molar-refractivity contribution in [3.8, 4) is 0 Å². The summed E-state index contributed by atoms with van der Waals surface area (Å²) in [5, 5.41) is 0. The molecule has 4 fully saturated rings. The number of fused-ring (bicyclic) bond motifs is 5. The van der Waals surface area contributed by atoms with Crippen LogP contribution in [-0.4, -0.2) is 6.04 Å². The first kappa shape index (κ1) is 13.6. The van der Waals surface area contributed by atoms with Gasteiger partial charge in [0.25, 0.3) is 0 Å². The van der Waals surface area contributed by atoms with E-state index in [1.54, 1.807) is 0 Å². The Kier molecular flexibility index (Phi) is 3.05. The molecule has 4 saturated carbocycles. The Morgan fingerprint density at radius 2 is 1.70 bits per heavy atom. The van der Waals surface area contributed by atoms with Crippen molar-refractivity contribution in [1.82, 2.24) is 0 Å². The maximum Gasteiger partial charge on any atom is 0.00418 e. The van der Waals surface area contributed by atoms with Gasteiger partial charge in [0.2, 0.25) is 0 Å². The Balaban J connectivity index is 1.62. The van der Waals surface area contributed by atoms with Gasteiger partial charge in [-0.2, -0.15) is 0 Å². The monoisotopic (exact) mass is 275 g/mol. The Bertz CT molecular complexity index is 391. The fourth-order valence-corrected chi connectivity index (χ4v) is 7.28. The molecule has 0 amide bonds. The number of rotatable bonds is 0. The molecule has 2 N–H and O–H groups in total. The molecule has 0 aromatic heterocycles. The lowest BCUT2D eigenvalue weighted by molar-refractivity contribution is -0.105. The highest BCUT2D eigenvalue weighted by Crippen LogP contribution is 2.66. The lowest BCUT2D eigenvalue weighted by Gasteiger charge is -2.60. The summed E-state index contributed by atoms with van der Waals surface area (Å²) in [6, 6.07) is 0.505. The minimum atomic E-state index is 0.505. The minimum Gasteiger partial charge on any atom is -0.328 e. The van der Waals surface area contributed by atoms with Crippen molar-refractivity contribution in [2.24, 2.45) is 40.2 Å². The molecular weight excluding hydrogens is 242 g/mol. The van der Waals surface area contributed by atoms with E-state index in [2.05, 4.69) is 13.8 Å². The molecule has 1 nitrogen and oxygen atoms in total. The lowest BCUT2D eigenvalue weighted by Crippen LogP contribution is -2.53. The molecule has 0 aliphatic heterocycles. The molecule has 0 radical (unpaired) electrons. The Morgan fingerprint density at radius 1 is 0.850 bits per heavy atom. The SMILES string of the molecule is CC12CCCC1C1CCC3CC(N)CCC3(C)C1CC2. The van der Waals surface area contributed by atoms with Crippen molar-refractivity contribution in [2.45, 2.75) is 84.1 Å². The third kappa shape index (κ3) is 1.77. The molecule has 4 aliphatic rings. The van der Waals surface area contributed by atoms with Gasteiger partial charge in [-0.25, -0.2) is 0 Å². The van der Waals surface area contributed by atoms with E-state index in [0.717, 1.165) is 29.1 Å². The maximum absolute atomic E-state index is 6.28. The van der Waals surface area contributed by atoms with Gasteiger partial charge < -0.3 is 5.73 Å². The number of hydrogen-bond donors (Lipinski definition) is 1. The first-order chi connectivity index (χ1) is 9.53. The highest BCUT2D eigenvalue weighted by atomic mass is 14.7. The summed E-state index contributed by atoms with van der Waals surface area (Å²) < 4.78 is 0. The molecule has 1 heteroatoms. The average Bonchev–Trinajstić information content (AvgIpc) is 2.81. The van der Waals surface area contributed by atoms with Crippen LogP contribution >= 0.6 is 0 Å². The summed E-state index contributed by atoms with van der Waals surface area (Å²) in [4.78, 5) is 0. The smallest absolute Gasteiger partial charge is 0.00418 e.